The number of ether oxygens (including phenoxy) is 1. The molecular weight excluding hydrogens is 332 g/mol. The van der Waals surface area contributed by atoms with Gasteiger partial charge in [-0.2, -0.15) is 5.26 Å². The smallest absolute Gasteiger partial charge is 0.226 e. The second kappa shape index (κ2) is 5.54. The van der Waals surface area contributed by atoms with E-state index >= 15 is 0 Å². The third-order valence-corrected chi connectivity index (χ3v) is 5.56. The number of nitriles is 1. The van der Waals surface area contributed by atoms with Gasteiger partial charge in [-0.3, -0.25) is 0 Å². The molecule has 1 aromatic rings. The SMILES string of the molecule is Cc1nc(N2CCC3(CC2)CO[C@@H](C)C3)nc(C#N)c1Br. The molecule has 0 bridgehead atoms. The number of halogens is 1. The van der Waals surface area contributed by atoms with E-state index < -0.39 is 0 Å². The Hall–Kier alpha value is -1.19. The number of aromatic nitrogens is 2. The Morgan fingerprint density at radius 2 is 2.10 bits per heavy atom. The molecule has 0 radical (unpaired) electrons. The van der Waals surface area contributed by atoms with Crippen LogP contribution in [0.2, 0.25) is 0 Å². The van der Waals surface area contributed by atoms with Crippen molar-refractivity contribution in [2.24, 2.45) is 5.41 Å². The Morgan fingerprint density at radius 1 is 1.38 bits per heavy atom. The van der Waals surface area contributed by atoms with Crippen molar-refractivity contribution in [1.29, 1.82) is 5.26 Å². The summed E-state index contributed by atoms with van der Waals surface area (Å²) < 4.78 is 6.45. The van der Waals surface area contributed by atoms with Crippen LogP contribution in [-0.2, 0) is 4.74 Å². The van der Waals surface area contributed by atoms with Gasteiger partial charge in [0.25, 0.3) is 0 Å². The molecule has 112 valence electrons. The summed E-state index contributed by atoms with van der Waals surface area (Å²) in [6, 6.07) is 2.13. The second-order valence-corrected chi connectivity index (χ2v) is 6.99. The van der Waals surface area contributed by atoms with Crippen molar-refractivity contribution in [2.45, 2.75) is 39.2 Å². The first-order chi connectivity index (χ1) is 10.0. The van der Waals surface area contributed by atoms with E-state index in [-0.39, 0.29) is 0 Å². The fourth-order valence-electron chi connectivity index (χ4n) is 3.34. The van der Waals surface area contributed by atoms with Gasteiger partial charge in [0, 0.05) is 13.1 Å². The topological polar surface area (TPSA) is 62.0 Å². The Kier molecular flexibility index (Phi) is 3.89. The van der Waals surface area contributed by atoms with E-state index in [4.69, 9.17) is 10.00 Å². The average Bonchev–Trinajstić information content (AvgIpc) is 2.83. The molecule has 0 amide bonds. The summed E-state index contributed by atoms with van der Waals surface area (Å²) in [4.78, 5) is 11.1. The summed E-state index contributed by atoms with van der Waals surface area (Å²) in [7, 11) is 0. The lowest BCUT2D eigenvalue weighted by Crippen LogP contribution is -2.41. The zero-order valence-electron chi connectivity index (χ0n) is 12.4. The van der Waals surface area contributed by atoms with E-state index in [1.54, 1.807) is 0 Å². The van der Waals surface area contributed by atoms with Gasteiger partial charge in [0.05, 0.1) is 22.9 Å². The van der Waals surface area contributed by atoms with Crippen LogP contribution in [0, 0.1) is 23.7 Å². The summed E-state index contributed by atoms with van der Waals surface area (Å²) in [6.45, 7) is 6.80. The normalized spacial score (nSPS) is 24.3. The van der Waals surface area contributed by atoms with Gasteiger partial charge < -0.3 is 9.64 Å². The van der Waals surface area contributed by atoms with Crippen LogP contribution in [0.25, 0.3) is 0 Å². The molecule has 2 fully saturated rings. The van der Waals surface area contributed by atoms with Gasteiger partial charge in [-0.1, -0.05) is 0 Å². The number of anilines is 1. The first-order valence-electron chi connectivity index (χ1n) is 7.34. The zero-order valence-corrected chi connectivity index (χ0v) is 14.0. The van der Waals surface area contributed by atoms with Gasteiger partial charge >= 0.3 is 0 Å². The maximum absolute atomic E-state index is 9.16. The van der Waals surface area contributed by atoms with E-state index in [0.717, 1.165) is 44.7 Å². The molecule has 3 heterocycles. The van der Waals surface area contributed by atoms with Gasteiger partial charge in [0.15, 0.2) is 5.69 Å². The van der Waals surface area contributed by atoms with E-state index in [2.05, 4.69) is 43.8 Å². The first kappa shape index (κ1) is 14.7. The third kappa shape index (κ3) is 2.77. The summed E-state index contributed by atoms with van der Waals surface area (Å²) in [5.74, 6) is 0.675. The van der Waals surface area contributed by atoms with Crippen molar-refractivity contribution in [3.05, 3.63) is 15.9 Å². The summed E-state index contributed by atoms with van der Waals surface area (Å²) in [5, 5.41) is 9.16. The molecule has 0 unspecified atom stereocenters. The number of nitrogens with zero attached hydrogens (tertiary/aromatic N) is 4. The van der Waals surface area contributed by atoms with Crippen LogP contribution in [0.1, 0.15) is 37.6 Å². The van der Waals surface area contributed by atoms with Crippen LogP contribution >= 0.6 is 15.9 Å². The molecule has 0 aromatic carbocycles. The molecule has 1 aromatic heterocycles. The minimum atomic E-state index is 0.346. The number of rotatable bonds is 1. The minimum absolute atomic E-state index is 0.346. The van der Waals surface area contributed by atoms with Gasteiger partial charge in [0.2, 0.25) is 5.95 Å². The lowest BCUT2D eigenvalue weighted by Gasteiger charge is -2.38. The molecule has 0 saturated carbocycles. The van der Waals surface area contributed by atoms with Crippen molar-refractivity contribution < 1.29 is 4.74 Å². The fraction of sp³-hybridized carbons (Fsp3) is 0.667. The fourth-order valence-corrected chi connectivity index (χ4v) is 3.60. The Bertz CT molecular complexity index is 590. The number of hydrogen-bond acceptors (Lipinski definition) is 5. The summed E-state index contributed by atoms with van der Waals surface area (Å²) in [6.07, 6.45) is 3.76. The highest BCUT2D eigenvalue weighted by Crippen LogP contribution is 2.42. The van der Waals surface area contributed by atoms with Crippen LogP contribution in [0.4, 0.5) is 5.95 Å². The molecule has 0 aliphatic carbocycles. The van der Waals surface area contributed by atoms with E-state index in [0.29, 0.717) is 27.6 Å². The number of piperidine rings is 1. The van der Waals surface area contributed by atoms with Crippen LogP contribution in [0.5, 0.6) is 0 Å². The molecule has 2 aliphatic heterocycles. The lowest BCUT2D eigenvalue weighted by atomic mass is 9.77. The molecule has 6 heteroatoms. The summed E-state index contributed by atoms with van der Waals surface area (Å²) >= 11 is 3.37. The van der Waals surface area contributed by atoms with Crippen molar-refractivity contribution in [2.75, 3.05) is 24.6 Å². The monoisotopic (exact) mass is 350 g/mol. The molecule has 2 saturated heterocycles. The Balaban J connectivity index is 1.76. The highest BCUT2D eigenvalue weighted by molar-refractivity contribution is 9.10. The molecule has 1 spiro atoms. The molecule has 5 nitrogen and oxygen atoms in total. The quantitative estimate of drug-likeness (QED) is 0.779. The molecular formula is C15H19BrN4O. The van der Waals surface area contributed by atoms with Gasteiger partial charge in [-0.05, 0) is 54.5 Å². The average molecular weight is 351 g/mol. The van der Waals surface area contributed by atoms with Crippen LogP contribution < -0.4 is 4.90 Å². The van der Waals surface area contributed by atoms with E-state index in [1.165, 1.54) is 0 Å². The van der Waals surface area contributed by atoms with Crippen LogP contribution in [-0.4, -0.2) is 35.8 Å². The van der Waals surface area contributed by atoms with E-state index in [1.807, 2.05) is 6.92 Å². The minimum Gasteiger partial charge on any atom is -0.378 e. The Labute approximate surface area is 133 Å². The summed E-state index contributed by atoms with van der Waals surface area (Å²) in [5.41, 5.74) is 1.57. The maximum atomic E-state index is 9.16. The molecule has 21 heavy (non-hydrogen) atoms. The zero-order chi connectivity index (χ0) is 15.0. The van der Waals surface area contributed by atoms with Crippen molar-refractivity contribution in [3.63, 3.8) is 0 Å². The first-order valence-corrected chi connectivity index (χ1v) is 8.13. The van der Waals surface area contributed by atoms with Crippen molar-refractivity contribution in [3.8, 4) is 6.07 Å². The molecule has 3 rings (SSSR count). The standard InChI is InChI=1S/C15H19BrN4O/c1-10-7-15(9-21-10)3-5-20(6-4-15)14-18-11(2)13(16)12(8-17)19-14/h10H,3-7,9H2,1-2H3/t10-/m0/s1. The predicted octanol–water partition coefficient (Wildman–Crippen LogP) is 2.81. The largest absolute Gasteiger partial charge is 0.378 e. The van der Waals surface area contributed by atoms with Crippen LogP contribution in [0.3, 0.4) is 0 Å². The van der Waals surface area contributed by atoms with Crippen molar-refractivity contribution in [1.82, 2.24) is 9.97 Å². The molecule has 0 N–H and O–H groups in total. The van der Waals surface area contributed by atoms with Crippen molar-refractivity contribution >= 4 is 21.9 Å². The number of hydrogen-bond donors (Lipinski definition) is 0. The molecule has 1 atom stereocenters. The predicted molar refractivity (Wildman–Crippen MR) is 83.1 cm³/mol. The molecule has 2 aliphatic rings. The lowest BCUT2D eigenvalue weighted by molar-refractivity contribution is 0.0975. The van der Waals surface area contributed by atoms with Gasteiger partial charge in [0.1, 0.15) is 6.07 Å². The maximum Gasteiger partial charge on any atom is 0.226 e. The van der Waals surface area contributed by atoms with Crippen LogP contribution in [0.15, 0.2) is 4.47 Å². The van der Waals surface area contributed by atoms with E-state index in [9.17, 15) is 0 Å². The Morgan fingerprint density at radius 3 is 2.67 bits per heavy atom. The highest BCUT2D eigenvalue weighted by atomic mass is 79.9. The number of aryl methyl sites for hydroxylation is 1. The van der Waals surface area contributed by atoms with Gasteiger partial charge in [-0.25, -0.2) is 9.97 Å². The van der Waals surface area contributed by atoms with Gasteiger partial charge in [-0.15, -0.1) is 0 Å². The highest BCUT2D eigenvalue weighted by Gasteiger charge is 2.41. The second-order valence-electron chi connectivity index (χ2n) is 6.20. The third-order valence-electron chi connectivity index (χ3n) is 4.61.